The molecule has 2 aromatic rings. The van der Waals surface area contributed by atoms with Crippen molar-refractivity contribution in [3.8, 4) is 11.5 Å². The Morgan fingerprint density at radius 1 is 1.30 bits per heavy atom. The second-order valence-corrected chi connectivity index (χ2v) is 5.15. The molecule has 0 aliphatic carbocycles. The molecule has 1 aromatic heterocycles. The molecule has 0 bridgehead atoms. The molecule has 4 nitrogen and oxygen atoms in total. The van der Waals surface area contributed by atoms with Gasteiger partial charge in [-0.1, -0.05) is 0 Å². The minimum Gasteiger partial charge on any atom is -0.453 e. The maximum Gasteiger partial charge on any atom is 0.171 e. The van der Waals surface area contributed by atoms with Crippen molar-refractivity contribution in [3.63, 3.8) is 0 Å². The lowest BCUT2D eigenvalue weighted by Gasteiger charge is -2.15. The Bertz CT molecular complexity index is 647. The summed E-state index contributed by atoms with van der Waals surface area (Å²) >= 11 is 0. The summed E-state index contributed by atoms with van der Waals surface area (Å²) in [7, 11) is 1.86. The lowest BCUT2D eigenvalue weighted by molar-refractivity contribution is 0.460. The molecule has 1 unspecified atom stereocenters. The Morgan fingerprint density at radius 2 is 1.95 bits per heavy atom. The SMILES string of the molecule is Cc1cc(Oc2c(C)nn(C)c2C)c(C(C)N)cc1F. The van der Waals surface area contributed by atoms with E-state index in [0.717, 1.165) is 11.4 Å². The van der Waals surface area contributed by atoms with Gasteiger partial charge in [0.2, 0.25) is 0 Å². The highest BCUT2D eigenvalue weighted by Gasteiger charge is 2.17. The largest absolute Gasteiger partial charge is 0.453 e. The summed E-state index contributed by atoms with van der Waals surface area (Å²) in [5.74, 6) is 1.00. The molecule has 1 atom stereocenters. The first-order valence-corrected chi connectivity index (χ1v) is 6.55. The van der Waals surface area contributed by atoms with Crippen LogP contribution in [0.5, 0.6) is 11.5 Å². The molecule has 2 N–H and O–H groups in total. The van der Waals surface area contributed by atoms with E-state index >= 15 is 0 Å². The third-order valence-electron chi connectivity index (χ3n) is 3.44. The van der Waals surface area contributed by atoms with Gasteiger partial charge in [-0.3, -0.25) is 4.68 Å². The molecule has 20 heavy (non-hydrogen) atoms. The van der Waals surface area contributed by atoms with Crippen molar-refractivity contribution in [2.24, 2.45) is 12.8 Å². The molecule has 0 fully saturated rings. The highest BCUT2D eigenvalue weighted by atomic mass is 19.1. The van der Waals surface area contributed by atoms with E-state index in [1.807, 2.05) is 20.9 Å². The average Bonchev–Trinajstić information content (AvgIpc) is 2.60. The molecule has 5 heteroatoms. The quantitative estimate of drug-likeness (QED) is 0.936. The molecule has 0 saturated carbocycles. The summed E-state index contributed by atoms with van der Waals surface area (Å²) in [5, 5.41) is 4.31. The molecule has 0 amide bonds. The molecular weight excluding hydrogens is 257 g/mol. The van der Waals surface area contributed by atoms with Crippen LogP contribution in [0.15, 0.2) is 12.1 Å². The van der Waals surface area contributed by atoms with Crippen molar-refractivity contribution in [1.29, 1.82) is 0 Å². The van der Waals surface area contributed by atoms with E-state index in [4.69, 9.17) is 10.5 Å². The van der Waals surface area contributed by atoms with Gasteiger partial charge in [-0.05, 0) is 45.4 Å². The van der Waals surface area contributed by atoms with Crippen LogP contribution in [0, 0.1) is 26.6 Å². The van der Waals surface area contributed by atoms with E-state index in [1.54, 1.807) is 24.6 Å². The van der Waals surface area contributed by atoms with Crippen molar-refractivity contribution < 1.29 is 9.13 Å². The first kappa shape index (κ1) is 14.5. The molecule has 1 heterocycles. The first-order chi connectivity index (χ1) is 9.31. The minimum absolute atomic E-state index is 0.274. The van der Waals surface area contributed by atoms with Crippen LogP contribution in [-0.4, -0.2) is 9.78 Å². The zero-order valence-corrected chi connectivity index (χ0v) is 12.5. The van der Waals surface area contributed by atoms with Crippen molar-refractivity contribution in [2.75, 3.05) is 0 Å². The van der Waals surface area contributed by atoms with Gasteiger partial charge in [-0.25, -0.2) is 4.39 Å². The van der Waals surface area contributed by atoms with Gasteiger partial charge in [-0.15, -0.1) is 0 Å². The monoisotopic (exact) mass is 277 g/mol. The van der Waals surface area contributed by atoms with E-state index in [0.29, 0.717) is 22.6 Å². The summed E-state index contributed by atoms with van der Waals surface area (Å²) in [6, 6.07) is 2.81. The molecule has 0 aliphatic heterocycles. The van der Waals surface area contributed by atoms with Crippen LogP contribution in [0.25, 0.3) is 0 Å². The lowest BCUT2D eigenvalue weighted by atomic mass is 10.0. The second-order valence-electron chi connectivity index (χ2n) is 5.15. The molecule has 108 valence electrons. The Hall–Kier alpha value is -1.88. The van der Waals surface area contributed by atoms with Crippen molar-refractivity contribution in [3.05, 3.63) is 40.5 Å². The van der Waals surface area contributed by atoms with Crippen LogP contribution in [0.3, 0.4) is 0 Å². The minimum atomic E-state index is -0.308. The first-order valence-electron chi connectivity index (χ1n) is 6.55. The van der Waals surface area contributed by atoms with Crippen LogP contribution in [0.1, 0.15) is 35.5 Å². The van der Waals surface area contributed by atoms with E-state index in [2.05, 4.69) is 5.10 Å². The maximum absolute atomic E-state index is 13.7. The molecule has 0 aliphatic rings. The van der Waals surface area contributed by atoms with Gasteiger partial charge >= 0.3 is 0 Å². The van der Waals surface area contributed by atoms with Crippen molar-refractivity contribution in [2.45, 2.75) is 33.7 Å². The van der Waals surface area contributed by atoms with E-state index in [9.17, 15) is 4.39 Å². The highest BCUT2D eigenvalue weighted by Crippen LogP contribution is 2.34. The molecule has 1 aromatic carbocycles. The predicted molar refractivity (Wildman–Crippen MR) is 76.5 cm³/mol. The van der Waals surface area contributed by atoms with E-state index < -0.39 is 0 Å². The third-order valence-corrected chi connectivity index (χ3v) is 3.44. The molecule has 0 radical (unpaired) electrons. The van der Waals surface area contributed by atoms with Gasteiger partial charge in [0.1, 0.15) is 17.3 Å². The number of benzene rings is 1. The fourth-order valence-electron chi connectivity index (χ4n) is 2.13. The predicted octanol–water partition coefficient (Wildman–Crippen LogP) is 3.30. The zero-order valence-electron chi connectivity index (χ0n) is 12.5. The number of aromatic nitrogens is 2. The van der Waals surface area contributed by atoms with E-state index in [-0.39, 0.29) is 11.9 Å². The van der Waals surface area contributed by atoms with Crippen LogP contribution < -0.4 is 10.5 Å². The molecular formula is C15H20FN3O. The number of hydrogen-bond acceptors (Lipinski definition) is 3. The van der Waals surface area contributed by atoms with Gasteiger partial charge in [-0.2, -0.15) is 5.10 Å². The molecule has 0 saturated heterocycles. The number of halogens is 1. The normalized spacial score (nSPS) is 12.6. The standard InChI is InChI=1S/C15H20FN3O/c1-8-6-14(12(9(2)17)7-13(8)16)20-15-10(3)18-19(5)11(15)4/h6-7,9H,17H2,1-5H3. The summed E-state index contributed by atoms with van der Waals surface area (Å²) < 4.78 is 21.4. The van der Waals surface area contributed by atoms with Gasteiger partial charge < -0.3 is 10.5 Å². The summed E-state index contributed by atoms with van der Waals surface area (Å²) in [6.07, 6.45) is 0. The number of rotatable bonds is 3. The van der Waals surface area contributed by atoms with Gasteiger partial charge in [0, 0.05) is 18.7 Å². The lowest BCUT2D eigenvalue weighted by Crippen LogP contribution is -2.08. The topological polar surface area (TPSA) is 53.1 Å². The zero-order chi connectivity index (χ0) is 15.0. The van der Waals surface area contributed by atoms with Crippen molar-refractivity contribution in [1.82, 2.24) is 9.78 Å². The van der Waals surface area contributed by atoms with Crippen LogP contribution >= 0.6 is 0 Å². The summed E-state index contributed by atoms with van der Waals surface area (Å²) in [4.78, 5) is 0. The van der Waals surface area contributed by atoms with Crippen LogP contribution in [0.4, 0.5) is 4.39 Å². The third kappa shape index (κ3) is 2.54. The van der Waals surface area contributed by atoms with Crippen LogP contribution in [-0.2, 0) is 7.05 Å². The summed E-state index contributed by atoms with van der Waals surface area (Å²) in [5.41, 5.74) is 8.79. The van der Waals surface area contributed by atoms with Gasteiger partial charge in [0.15, 0.2) is 5.75 Å². The molecule has 2 rings (SSSR count). The average molecular weight is 277 g/mol. The highest BCUT2D eigenvalue weighted by molar-refractivity contribution is 5.44. The van der Waals surface area contributed by atoms with Crippen LogP contribution in [0.2, 0.25) is 0 Å². The number of aryl methyl sites for hydroxylation is 3. The van der Waals surface area contributed by atoms with E-state index in [1.165, 1.54) is 6.07 Å². The number of hydrogen-bond donors (Lipinski definition) is 1. The fraction of sp³-hybridized carbons (Fsp3) is 0.400. The number of nitrogens with zero attached hydrogens (tertiary/aromatic N) is 2. The molecule has 0 spiro atoms. The van der Waals surface area contributed by atoms with Gasteiger partial charge in [0.25, 0.3) is 0 Å². The smallest absolute Gasteiger partial charge is 0.171 e. The fourth-order valence-corrected chi connectivity index (χ4v) is 2.13. The second kappa shape index (κ2) is 5.25. The Balaban J connectivity index is 2.50. The Morgan fingerprint density at radius 3 is 2.45 bits per heavy atom. The summed E-state index contributed by atoms with van der Waals surface area (Å²) in [6.45, 7) is 7.32. The Kier molecular flexibility index (Phi) is 3.81. The number of nitrogens with two attached hydrogens (primary N) is 1. The van der Waals surface area contributed by atoms with Crippen molar-refractivity contribution >= 4 is 0 Å². The van der Waals surface area contributed by atoms with Gasteiger partial charge in [0.05, 0.1) is 5.69 Å². The number of ether oxygens (including phenoxy) is 1. The Labute approximate surface area is 118 Å². The maximum atomic E-state index is 13.7.